The number of nitrogens with zero attached hydrogens (tertiary/aromatic N) is 3. The minimum atomic E-state index is -1.15. The Hall–Kier alpha value is -2.53. The van der Waals surface area contributed by atoms with Gasteiger partial charge in [0.2, 0.25) is 5.91 Å². The van der Waals surface area contributed by atoms with Crippen LogP contribution in [0.25, 0.3) is 10.4 Å². The Morgan fingerprint density at radius 3 is 2.58 bits per heavy atom. The van der Waals surface area contributed by atoms with Crippen molar-refractivity contribution in [3.05, 3.63) is 46.3 Å². The number of benzene rings is 1. The molecular weight excluding hydrogens is 248 g/mol. The van der Waals surface area contributed by atoms with Gasteiger partial charge in [0.05, 0.1) is 0 Å². The molecule has 2 atom stereocenters. The maximum atomic E-state index is 11.8. The summed E-state index contributed by atoms with van der Waals surface area (Å²) in [5.74, 6) is -1.75. The number of aliphatic carboxylic acids is 1. The first-order valence-corrected chi connectivity index (χ1v) is 5.66. The lowest BCUT2D eigenvalue weighted by atomic mass is 10.1. The molecule has 1 aromatic carbocycles. The molecule has 0 aliphatic rings. The second-order valence-corrected chi connectivity index (χ2v) is 3.98. The summed E-state index contributed by atoms with van der Waals surface area (Å²) in [5, 5.41) is 14.4. The van der Waals surface area contributed by atoms with Crippen LogP contribution < -0.4 is 5.32 Å². The van der Waals surface area contributed by atoms with E-state index in [9.17, 15) is 9.59 Å². The zero-order valence-corrected chi connectivity index (χ0v) is 10.4. The van der Waals surface area contributed by atoms with E-state index in [4.69, 9.17) is 10.6 Å². The molecule has 7 heteroatoms. The van der Waals surface area contributed by atoms with Gasteiger partial charge in [-0.25, -0.2) is 0 Å². The van der Waals surface area contributed by atoms with Gasteiger partial charge in [0.15, 0.2) is 0 Å². The van der Waals surface area contributed by atoms with Crippen LogP contribution in [-0.2, 0) is 16.0 Å². The van der Waals surface area contributed by atoms with Gasteiger partial charge in [-0.1, -0.05) is 35.4 Å². The van der Waals surface area contributed by atoms with Gasteiger partial charge in [0, 0.05) is 4.91 Å². The van der Waals surface area contributed by atoms with Crippen LogP contribution in [0.5, 0.6) is 0 Å². The maximum absolute atomic E-state index is 11.8. The Morgan fingerprint density at radius 1 is 1.42 bits per heavy atom. The van der Waals surface area contributed by atoms with Gasteiger partial charge >= 0.3 is 5.97 Å². The lowest BCUT2D eigenvalue weighted by Gasteiger charge is -2.14. The first-order chi connectivity index (χ1) is 9.04. The van der Waals surface area contributed by atoms with Crippen molar-refractivity contribution in [2.75, 3.05) is 0 Å². The highest BCUT2D eigenvalue weighted by molar-refractivity contribution is 5.87. The van der Waals surface area contributed by atoms with Crippen LogP contribution in [0.1, 0.15) is 12.5 Å². The standard InChI is InChI=1S/C12H14N4O3/c1-8(12(18)19)14-11(17)10(15-16-13)7-9-5-3-2-4-6-9/h2-6,8,10H,7H2,1H3,(H,14,17)(H,18,19)/t8-,10-/m0/s1. The van der Waals surface area contributed by atoms with E-state index in [-0.39, 0.29) is 6.42 Å². The molecule has 1 rings (SSSR count). The maximum Gasteiger partial charge on any atom is 0.325 e. The van der Waals surface area contributed by atoms with E-state index in [1.165, 1.54) is 6.92 Å². The monoisotopic (exact) mass is 262 g/mol. The van der Waals surface area contributed by atoms with E-state index in [0.29, 0.717) is 0 Å². The highest BCUT2D eigenvalue weighted by Crippen LogP contribution is 2.07. The molecule has 2 N–H and O–H groups in total. The van der Waals surface area contributed by atoms with Crippen molar-refractivity contribution < 1.29 is 14.7 Å². The van der Waals surface area contributed by atoms with Crippen molar-refractivity contribution in [2.45, 2.75) is 25.4 Å². The summed E-state index contributed by atoms with van der Waals surface area (Å²) in [4.78, 5) is 25.1. The third-order valence-electron chi connectivity index (χ3n) is 2.49. The number of hydrogen-bond acceptors (Lipinski definition) is 3. The molecule has 19 heavy (non-hydrogen) atoms. The largest absolute Gasteiger partial charge is 0.480 e. The van der Waals surface area contributed by atoms with Crippen LogP contribution >= 0.6 is 0 Å². The van der Waals surface area contributed by atoms with Gasteiger partial charge in [0.1, 0.15) is 12.1 Å². The lowest BCUT2D eigenvalue weighted by molar-refractivity contribution is -0.141. The van der Waals surface area contributed by atoms with Crippen molar-refractivity contribution in [3.63, 3.8) is 0 Å². The van der Waals surface area contributed by atoms with E-state index >= 15 is 0 Å². The first kappa shape index (κ1) is 14.5. The molecular formula is C12H14N4O3. The summed E-state index contributed by atoms with van der Waals surface area (Å²) in [6, 6.07) is 7.05. The van der Waals surface area contributed by atoms with E-state index in [1.807, 2.05) is 6.07 Å². The van der Waals surface area contributed by atoms with Gasteiger partial charge in [-0.2, -0.15) is 0 Å². The third kappa shape index (κ3) is 4.69. The Kier molecular flexibility index (Phi) is 5.37. The Bertz CT molecular complexity index is 497. The van der Waals surface area contributed by atoms with Gasteiger partial charge in [0.25, 0.3) is 0 Å². The van der Waals surface area contributed by atoms with Crippen LogP contribution in [0.2, 0.25) is 0 Å². The Morgan fingerprint density at radius 2 is 2.05 bits per heavy atom. The summed E-state index contributed by atoms with van der Waals surface area (Å²) in [7, 11) is 0. The topological polar surface area (TPSA) is 115 Å². The van der Waals surface area contributed by atoms with Gasteiger partial charge < -0.3 is 10.4 Å². The number of carbonyl (C=O) groups is 2. The molecule has 0 fully saturated rings. The van der Waals surface area contributed by atoms with Crippen LogP contribution in [0, 0.1) is 0 Å². The molecule has 0 saturated carbocycles. The molecule has 0 radical (unpaired) electrons. The normalized spacial score (nSPS) is 12.9. The van der Waals surface area contributed by atoms with Gasteiger partial charge in [-0.15, -0.1) is 0 Å². The molecule has 7 nitrogen and oxygen atoms in total. The fraction of sp³-hybridized carbons (Fsp3) is 0.333. The number of rotatable bonds is 6. The molecule has 0 saturated heterocycles. The molecule has 0 aromatic heterocycles. The van der Waals surface area contributed by atoms with Crippen LogP contribution in [0.4, 0.5) is 0 Å². The van der Waals surface area contributed by atoms with E-state index in [2.05, 4.69) is 15.3 Å². The summed E-state index contributed by atoms with van der Waals surface area (Å²) in [6.07, 6.45) is 0.225. The van der Waals surface area contributed by atoms with Crippen molar-refractivity contribution in [3.8, 4) is 0 Å². The number of nitrogens with one attached hydrogen (secondary N) is 1. The summed E-state index contributed by atoms with van der Waals surface area (Å²) in [6.45, 7) is 1.34. The Balaban J connectivity index is 2.75. The van der Waals surface area contributed by atoms with Crippen molar-refractivity contribution in [1.29, 1.82) is 0 Å². The fourth-order valence-electron chi connectivity index (χ4n) is 1.46. The summed E-state index contributed by atoms with van der Waals surface area (Å²) >= 11 is 0. The quantitative estimate of drug-likeness (QED) is 0.459. The molecule has 1 aromatic rings. The molecule has 0 spiro atoms. The van der Waals surface area contributed by atoms with Crippen molar-refractivity contribution in [2.24, 2.45) is 5.11 Å². The summed E-state index contributed by atoms with van der Waals surface area (Å²) < 4.78 is 0. The number of carboxylic acids is 1. The van der Waals surface area contributed by atoms with Gasteiger partial charge in [-0.3, -0.25) is 9.59 Å². The van der Waals surface area contributed by atoms with Crippen LogP contribution in [0.15, 0.2) is 35.4 Å². The predicted octanol–water partition coefficient (Wildman–Crippen LogP) is 1.50. The second kappa shape index (κ2) is 7.03. The highest BCUT2D eigenvalue weighted by atomic mass is 16.4. The zero-order chi connectivity index (χ0) is 14.3. The minimum absolute atomic E-state index is 0.225. The molecule has 1 amide bonds. The molecule has 0 heterocycles. The van der Waals surface area contributed by atoms with Crippen LogP contribution in [-0.4, -0.2) is 29.1 Å². The SMILES string of the molecule is C[C@H](NC(=O)[C@H](Cc1ccccc1)N=[N+]=[N-])C(=O)O. The third-order valence-corrected chi connectivity index (χ3v) is 2.49. The number of carbonyl (C=O) groups excluding carboxylic acids is 1. The van der Waals surface area contributed by atoms with Crippen molar-refractivity contribution >= 4 is 11.9 Å². The second-order valence-electron chi connectivity index (χ2n) is 3.98. The van der Waals surface area contributed by atoms with E-state index in [1.54, 1.807) is 24.3 Å². The molecule has 0 unspecified atom stereocenters. The lowest BCUT2D eigenvalue weighted by Crippen LogP contribution is -2.43. The number of carboxylic acid groups (broad SMARTS) is 1. The summed E-state index contributed by atoms with van der Waals surface area (Å²) in [5.41, 5.74) is 9.30. The van der Waals surface area contributed by atoms with E-state index < -0.39 is 24.0 Å². The first-order valence-electron chi connectivity index (χ1n) is 5.66. The minimum Gasteiger partial charge on any atom is -0.480 e. The molecule has 0 aliphatic heterocycles. The predicted molar refractivity (Wildman–Crippen MR) is 68.3 cm³/mol. The van der Waals surface area contributed by atoms with E-state index in [0.717, 1.165) is 5.56 Å². The smallest absolute Gasteiger partial charge is 0.325 e. The average molecular weight is 262 g/mol. The molecule has 0 aliphatic carbocycles. The van der Waals surface area contributed by atoms with Gasteiger partial charge in [-0.05, 0) is 24.4 Å². The number of azide groups is 1. The van der Waals surface area contributed by atoms with Crippen molar-refractivity contribution in [1.82, 2.24) is 5.32 Å². The fourth-order valence-corrected chi connectivity index (χ4v) is 1.46. The van der Waals surface area contributed by atoms with Crippen LogP contribution in [0.3, 0.4) is 0 Å². The molecule has 100 valence electrons. The highest BCUT2D eigenvalue weighted by Gasteiger charge is 2.21. The zero-order valence-electron chi connectivity index (χ0n) is 10.4. The average Bonchev–Trinajstić information content (AvgIpc) is 2.39. The molecule has 0 bridgehead atoms. The number of amides is 1. The Labute approximate surface area is 109 Å². The number of hydrogen-bond donors (Lipinski definition) is 2.